The number of halogens is 1. The minimum Gasteiger partial charge on any atom is -0.383 e. The van der Waals surface area contributed by atoms with Crippen LogP contribution in [0.3, 0.4) is 0 Å². The number of ether oxygens (including phenoxy) is 1. The highest BCUT2D eigenvalue weighted by atomic mass is 79.9. The third-order valence-corrected chi connectivity index (χ3v) is 4.19. The highest BCUT2D eigenvalue weighted by Crippen LogP contribution is 2.31. The van der Waals surface area contributed by atoms with Gasteiger partial charge in [0.15, 0.2) is 0 Å². The van der Waals surface area contributed by atoms with Gasteiger partial charge < -0.3 is 10.5 Å². The number of aromatic nitrogens is 2. The molecule has 0 unspecified atom stereocenters. The van der Waals surface area contributed by atoms with Crippen molar-refractivity contribution in [1.82, 2.24) is 9.78 Å². The van der Waals surface area contributed by atoms with Crippen molar-refractivity contribution in [1.29, 1.82) is 5.26 Å². The molecular weight excluding hydrogens is 332 g/mol. The zero-order valence-electron chi connectivity index (χ0n) is 11.4. The lowest BCUT2D eigenvalue weighted by Crippen LogP contribution is -2.23. The van der Waals surface area contributed by atoms with Gasteiger partial charge >= 0.3 is 0 Å². The van der Waals surface area contributed by atoms with Gasteiger partial charge in [-0.1, -0.05) is 28.1 Å². The number of benzene rings is 1. The van der Waals surface area contributed by atoms with Crippen LogP contribution in [-0.4, -0.2) is 23.0 Å². The Labute approximate surface area is 131 Å². The number of nitrogen functional groups attached to an aromatic ring is 1. The number of nitrogens with two attached hydrogens (primary N) is 1. The molecule has 2 heterocycles. The van der Waals surface area contributed by atoms with Crippen molar-refractivity contribution in [3.63, 3.8) is 0 Å². The van der Waals surface area contributed by atoms with Gasteiger partial charge in [0, 0.05) is 16.6 Å². The summed E-state index contributed by atoms with van der Waals surface area (Å²) in [7, 11) is 0. The quantitative estimate of drug-likeness (QED) is 0.906. The van der Waals surface area contributed by atoms with Crippen molar-refractivity contribution in [3.05, 3.63) is 34.3 Å². The molecular formula is C15H15BrN4O. The van der Waals surface area contributed by atoms with Crippen LogP contribution in [0, 0.1) is 11.3 Å². The molecule has 1 aliphatic rings. The van der Waals surface area contributed by atoms with Crippen LogP contribution in [0.2, 0.25) is 0 Å². The molecule has 0 saturated carbocycles. The number of rotatable bonds is 2. The molecule has 1 fully saturated rings. The molecule has 5 nitrogen and oxygen atoms in total. The first kappa shape index (κ1) is 14.1. The van der Waals surface area contributed by atoms with Crippen LogP contribution in [0.4, 0.5) is 5.82 Å². The molecule has 0 amide bonds. The van der Waals surface area contributed by atoms with E-state index in [1.54, 1.807) is 4.68 Å². The third-order valence-electron chi connectivity index (χ3n) is 3.66. The van der Waals surface area contributed by atoms with Gasteiger partial charge in [-0.25, -0.2) is 4.68 Å². The van der Waals surface area contributed by atoms with E-state index in [2.05, 4.69) is 27.1 Å². The van der Waals surface area contributed by atoms with Crippen LogP contribution in [0.5, 0.6) is 0 Å². The molecule has 3 rings (SSSR count). The van der Waals surface area contributed by atoms with Crippen LogP contribution < -0.4 is 5.73 Å². The predicted octanol–water partition coefficient (Wildman–Crippen LogP) is 3.12. The van der Waals surface area contributed by atoms with Crippen molar-refractivity contribution in [2.75, 3.05) is 18.9 Å². The summed E-state index contributed by atoms with van der Waals surface area (Å²) >= 11 is 3.40. The average molecular weight is 347 g/mol. The van der Waals surface area contributed by atoms with E-state index in [0.717, 1.165) is 29.5 Å². The van der Waals surface area contributed by atoms with Gasteiger partial charge in [0.05, 0.1) is 12.6 Å². The third kappa shape index (κ3) is 2.67. The van der Waals surface area contributed by atoms with Crippen molar-refractivity contribution in [2.45, 2.75) is 18.9 Å². The molecule has 2 aromatic rings. The Morgan fingerprint density at radius 1 is 1.38 bits per heavy atom. The Hall–Kier alpha value is -1.84. The highest BCUT2D eigenvalue weighted by molar-refractivity contribution is 9.10. The lowest BCUT2D eigenvalue weighted by molar-refractivity contribution is 0.0558. The molecule has 0 spiro atoms. The van der Waals surface area contributed by atoms with Crippen LogP contribution >= 0.6 is 15.9 Å². The van der Waals surface area contributed by atoms with E-state index in [9.17, 15) is 5.26 Å². The first-order valence-electron chi connectivity index (χ1n) is 6.82. The Bertz CT molecular complexity index is 681. The van der Waals surface area contributed by atoms with Gasteiger partial charge in [-0.15, -0.1) is 0 Å². The molecule has 2 N–H and O–H groups in total. The topological polar surface area (TPSA) is 76.9 Å². The summed E-state index contributed by atoms with van der Waals surface area (Å²) in [5.41, 5.74) is 8.08. The van der Waals surface area contributed by atoms with E-state index in [-0.39, 0.29) is 6.04 Å². The fraction of sp³-hybridized carbons (Fsp3) is 0.333. The molecule has 0 bridgehead atoms. The van der Waals surface area contributed by atoms with Crippen molar-refractivity contribution >= 4 is 21.7 Å². The molecule has 1 atom stereocenters. The summed E-state index contributed by atoms with van der Waals surface area (Å²) in [6, 6.07) is 9.98. The molecule has 0 aliphatic carbocycles. The number of nitrogens with zero attached hydrogens (tertiary/aromatic N) is 3. The first-order chi connectivity index (χ1) is 10.2. The van der Waals surface area contributed by atoms with Gasteiger partial charge in [-0.05, 0) is 25.0 Å². The fourth-order valence-electron chi connectivity index (χ4n) is 2.56. The lowest BCUT2D eigenvalue weighted by atomic mass is 10.1. The van der Waals surface area contributed by atoms with Gasteiger partial charge in [0.25, 0.3) is 0 Å². The smallest absolute Gasteiger partial charge is 0.140 e. The van der Waals surface area contributed by atoms with Crippen LogP contribution in [0.15, 0.2) is 28.7 Å². The second kappa shape index (κ2) is 5.88. The number of hydrogen-bond donors (Lipinski definition) is 1. The molecule has 1 aromatic heterocycles. The van der Waals surface area contributed by atoms with Gasteiger partial charge in [-0.2, -0.15) is 10.4 Å². The SMILES string of the molecule is N#Cc1c(-c2ccc(Br)cc2)nn([C@@H]2CCCOC2)c1N. The second-order valence-corrected chi connectivity index (χ2v) is 5.96. The predicted molar refractivity (Wildman–Crippen MR) is 83.6 cm³/mol. The van der Waals surface area contributed by atoms with E-state index >= 15 is 0 Å². The van der Waals surface area contributed by atoms with Crippen molar-refractivity contribution < 1.29 is 4.74 Å². The Morgan fingerprint density at radius 3 is 2.76 bits per heavy atom. The Kier molecular flexibility index (Phi) is 3.95. The molecule has 1 saturated heterocycles. The molecule has 0 radical (unpaired) electrons. The summed E-state index contributed by atoms with van der Waals surface area (Å²) in [5, 5.41) is 14.0. The normalized spacial score (nSPS) is 18.4. The van der Waals surface area contributed by atoms with E-state index in [4.69, 9.17) is 10.5 Å². The van der Waals surface area contributed by atoms with Gasteiger partial charge in [-0.3, -0.25) is 0 Å². The minimum atomic E-state index is 0.107. The van der Waals surface area contributed by atoms with Crippen LogP contribution in [0.1, 0.15) is 24.4 Å². The second-order valence-electron chi connectivity index (χ2n) is 5.04. The fourth-order valence-corrected chi connectivity index (χ4v) is 2.83. The highest BCUT2D eigenvalue weighted by Gasteiger charge is 2.24. The van der Waals surface area contributed by atoms with Crippen LogP contribution in [-0.2, 0) is 4.74 Å². The number of nitriles is 1. The summed E-state index contributed by atoms with van der Waals surface area (Å²) in [4.78, 5) is 0. The Morgan fingerprint density at radius 2 is 2.14 bits per heavy atom. The zero-order chi connectivity index (χ0) is 14.8. The average Bonchev–Trinajstić information content (AvgIpc) is 2.85. The largest absolute Gasteiger partial charge is 0.383 e. The standard InChI is InChI=1S/C15H15BrN4O/c16-11-5-3-10(4-6-11)14-13(8-17)15(18)20(19-14)12-2-1-7-21-9-12/h3-6,12H,1-2,7,9,18H2/t12-/m1/s1. The monoisotopic (exact) mass is 346 g/mol. The van der Waals surface area contributed by atoms with Gasteiger partial charge in [0.2, 0.25) is 0 Å². The van der Waals surface area contributed by atoms with Crippen LogP contribution in [0.25, 0.3) is 11.3 Å². The number of hydrogen-bond acceptors (Lipinski definition) is 4. The maximum Gasteiger partial charge on any atom is 0.140 e. The summed E-state index contributed by atoms with van der Waals surface area (Å²) in [6.07, 6.45) is 1.95. The van der Waals surface area contributed by atoms with Crippen molar-refractivity contribution in [2.24, 2.45) is 0 Å². The number of anilines is 1. The van der Waals surface area contributed by atoms with Crippen molar-refractivity contribution in [3.8, 4) is 17.3 Å². The van der Waals surface area contributed by atoms with E-state index in [0.29, 0.717) is 23.7 Å². The maximum atomic E-state index is 9.40. The van der Waals surface area contributed by atoms with Gasteiger partial charge in [0.1, 0.15) is 23.1 Å². The zero-order valence-corrected chi connectivity index (χ0v) is 13.0. The molecule has 108 valence electrons. The summed E-state index contributed by atoms with van der Waals surface area (Å²) in [5.74, 6) is 0.422. The molecule has 1 aliphatic heterocycles. The van der Waals surface area contributed by atoms with E-state index in [1.165, 1.54) is 0 Å². The minimum absolute atomic E-state index is 0.107. The molecule has 6 heteroatoms. The first-order valence-corrected chi connectivity index (χ1v) is 7.61. The Balaban J connectivity index is 2.05. The van der Waals surface area contributed by atoms with E-state index < -0.39 is 0 Å². The maximum absolute atomic E-state index is 9.40. The summed E-state index contributed by atoms with van der Waals surface area (Å²) < 4.78 is 8.22. The molecule has 21 heavy (non-hydrogen) atoms. The van der Waals surface area contributed by atoms with E-state index in [1.807, 2.05) is 24.3 Å². The summed E-state index contributed by atoms with van der Waals surface area (Å²) in [6.45, 7) is 1.37. The molecule has 1 aromatic carbocycles. The lowest BCUT2D eigenvalue weighted by Gasteiger charge is -2.23.